The molecule has 0 aliphatic rings. The van der Waals surface area contributed by atoms with Gasteiger partial charge < -0.3 is 5.73 Å². The molecule has 1 aromatic rings. The minimum Gasteiger partial charge on any atom is -0.316 e. The first-order valence-electron chi connectivity index (χ1n) is 3.62. The van der Waals surface area contributed by atoms with Gasteiger partial charge in [0.25, 0.3) is 0 Å². The molecule has 1 unspecified atom stereocenters. The van der Waals surface area contributed by atoms with Crippen LogP contribution in [0.4, 0.5) is 4.39 Å². The summed E-state index contributed by atoms with van der Waals surface area (Å²) >= 11 is 0. The molecule has 1 rings (SSSR count). The monoisotopic (exact) mass is 164 g/mol. The molecule has 12 heavy (non-hydrogen) atoms. The molecule has 0 bridgehead atoms. The molecule has 0 radical (unpaired) electrons. The van der Waals surface area contributed by atoms with Crippen molar-refractivity contribution in [2.24, 2.45) is 5.73 Å². The highest BCUT2D eigenvalue weighted by atomic mass is 19.1. The van der Waals surface area contributed by atoms with Crippen LogP contribution in [0.1, 0.15) is 5.56 Å². The van der Waals surface area contributed by atoms with Crippen LogP contribution >= 0.6 is 0 Å². The van der Waals surface area contributed by atoms with Gasteiger partial charge in [-0.1, -0.05) is 12.1 Å². The summed E-state index contributed by atoms with van der Waals surface area (Å²) in [7, 11) is 0. The fourth-order valence-electron chi connectivity index (χ4n) is 0.964. The molecule has 1 atom stereocenters. The number of hydrogen-bond acceptors (Lipinski definition) is 2. The van der Waals surface area contributed by atoms with Crippen LogP contribution in [0.15, 0.2) is 24.3 Å². The third-order valence-corrected chi connectivity index (χ3v) is 1.51. The van der Waals surface area contributed by atoms with Gasteiger partial charge in [-0.2, -0.15) is 5.26 Å². The van der Waals surface area contributed by atoms with E-state index in [0.717, 1.165) is 5.56 Å². The van der Waals surface area contributed by atoms with E-state index in [2.05, 4.69) is 0 Å². The topological polar surface area (TPSA) is 49.8 Å². The van der Waals surface area contributed by atoms with Gasteiger partial charge in [-0.25, -0.2) is 4.39 Å². The Balaban J connectivity index is 2.71. The SMILES string of the molecule is N#CC(N)Cc1cccc(F)c1. The van der Waals surface area contributed by atoms with Crippen LogP contribution in [0, 0.1) is 17.1 Å². The van der Waals surface area contributed by atoms with Gasteiger partial charge in [-0.05, 0) is 17.7 Å². The molecule has 0 saturated heterocycles. The molecule has 0 heterocycles. The number of rotatable bonds is 2. The summed E-state index contributed by atoms with van der Waals surface area (Å²) in [6, 6.07) is 7.44. The van der Waals surface area contributed by atoms with Gasteiger partial charge in [0.1, 0.15) is 5.82 Å². The maximum absolute atomic E-state index is 12.6. The molecule has 2 nitrogen and oxygen atoms in total. The summed E-state index contributed by atoms with van der Waals surface area (Å²) in [5, 5.41) is 8.40. The zero-order valence-corrected chi connectivity index (χ0v) is 6.50. The standard InChI is InChI=1S/C9H9FN2/c10-8-3-1-2-7(4-8)5-9(12)6-11/h1-4,9H,5,12H2. The van der Waals surface area contributed by atoms with E-state index in [1.807, 2.05) is 6.07 Å². The number of nitrogens with zero attached hydrogens (tertiary/aromatic N) is 1. The summed E-state index contributed by atoms with van der Waals surface area (Å²) in [6.45, 7) is 0. The molecule has 3 heteroatoms. The van der Waals surface area contributed by atoms with E-state index in [9.17, 15) is 4.39 Å². The smallest absolute Gasteiger partial charge is 0.123 e. The van der Waals surface area contributed by atoms with E-state index in [4.69, 9.17) is 11.0 Å². The van der Waals surface area contributed by atoms with Crippen molar-refractivity contribution < 1.29 is 4.39 Å². The molecule has 1 aromatic carbocycles. The highest BCUT2D eigenvalue weighted by Gasteiger charge is 2.01. The molecule has 2 N–H and O–H groups in total. The zero-order chi connectivity index (χ0) is 8.97. The maximum atomic E-state index is 12.6. The highest BCUT2D eigenvalue weighted by Crippen LogP contribution is 2.04. The van der Waals surface area contributed by atoms with Crippen LogP contribution in [0.2, 0.25) is 0 Å². The van der Waals surface area contributed by atoms with Crippen LogP contribution in [0.25, 0.3) is 0 Å². The number of nitriles is 1. The molecule has 0 saturated carbocycles. The Hall–Kier alpha value is -1.40. The van der Waals surface area contributed by atoms with Gasteiger partial charge in [0, 0.05) is 6.42 Å². The summed E-state index contributed by atoms with van der Waals surface area (Å²) in [5.41, 5.74) is 6.13. The quantitative estimate of drug-likeness (QED) is 0.714. The van der Waals surface area contributed by atoms with Crippen molar-refractivity contribution in [3.05, 3.63) is 35.6 Å². The predicted molar refractivity (Wildman–Crippen MR) is 43.7 cm³/mol. The number of nitrogens with two attached hydrogens (primary N) is 1. The lowest BCUT2D eigenvalue weighted by Gasteiger charge is -2.01. The van der Waals surface area contributed by atoms with E-state index in [1.54, 1.807) is 12.1 Å². The largest absolute Gasteiger partial charge is 0.316 e. The zero-order valence-electron chi connectivity index (χ0n) is 6.50. The Bertz CT molecular complexity index is 304. The van der Waals surface area contributed by atoms with Crippen LogP contribution in [-0.4, -0.2) is 6.04 Å². The van der Waals surface area contributed by atoms with Gasteiger partial charge in [0.2, 0.25) is 0 Å². The first-order valence-corrected chi connectivity index (χ1v) is 3.62. The number of benzene rings is 1. The second kappa shape index (κ2) is 3.84. The lowest BCUT2D eigenvalue weighted by molar-refractivity contribution is 0.624. The van der Waals surface area contributed by atoms with E-state index < -0.39 is 6.04 Å². The van der Waals surface area contributed by atoms with Crippen LogP contribution in [0.5, 0.6) is 0 Å². The molecule has 62 valence electrons. The lowest BCUT2D eigenvalue weighted by Crippen LogP contribution is -2.20. The Kier molecular flexibility index (Phi) is 2.78. The van der Waals surface area contributed by atoms with Crippen molar-refractivity contribution in [3.63, 3.8) is 0 Å². The van der Waals surface area contributed by atoms with Crippen molar-refractivity contribution >= 4 is 0 Å². The summed E-state index contributed by atoms with van der Waals surface area (Å²) in [6.07, 6.45) is 0.397. The van der Waals surface area contributed by atoms with Gasteiger partial charge in [0.15, 0.2) is 0 Å². The second-order valence-corrected chi connectivity index (χ2v) is 2.57. The normalized spacial score (nSPS) is 12.1. The summed E-state index contributed by atoms with van der Waals surface area (Å²) in [4.78, 5) is 0. The Morgan fingerprint density at radius 2 is 2.33 bits per heavy atom. The van der Waals surface area contributed by atoms with Crippen molar-refractivity contribution in [2.45, 2.75) is 12.5 Å². The first kappa shape index (κ1) is 8.69. The summed E-state index contributed by atoms with van der Waals surface area (Å²) in [5.74, 6) is -0.294. The van der Waals surface area contributed by atoms with Crippen molar-refractivity contribution in [3.8, 4) is 6.07 Å². The molecular weight excluding hydrogens is 155 g/mol. The first-order chi connectivity index (χ1) is 5.72. The van der Waals surface area contributed by atoms with Crippen molar-refractivity contribution in [2.75, 3.05) is 0 Å². The average Bonchev–Trinajstić information content (AvgIpc) is 2.04. The fraction of sp³-hybridized carbons (Fsp3) is 0.222. The minimum atomic E-state index is -0.549. The summed E-state index contributed by atoms with van der Waals surface area (Å²) < 4.78 is 12.6. The van der Waals surface area contributed by atoms with Gasteiger partial charge in [0.05, 0.1) is 12.1 Å². The average molecular weight is 164 g/mol. The van der Waals surface area contributed by atoms with Gasteiger partial charge in [-0.3, -0.25) is 0 Å². The molecule has 0 aliphatic carbocycles. The molecule has 0 aliphatic heterocycles. The minimum absolute atomic E-state index is 0.294. The lowest BCUT2D eigenvalue weighted by atomic mass is 10.1. The van der Waals surface area contributed by atoms with E-state index in [-0.39, 0.29) is 5.82 Å². The van der Waals surface area contributed by atoms with E-state index >= 15 is 0 Å². The Morgan fingerprint density at radius 1 is 1.58 bits per heavy atom. The Morgan fingerprint density at radius 3 is 2.92 bits per heavy atom. The fourth-order valence-corrected chi connectivity index (χ4v) is 0.964. The van der Waals surface area contributed by atoms with Crippen LogP contribution < -0.4 is 5.73 Å². The highest BCUT2D eigenvalue weighted by molar-refractivity contribution is 5.18. The third kappa shape index (κ3) is 2.33. The molecule has 0 aromatic heterocycles. The van der Waals surface area contributed by atoms with Gasteiger partial charge >= 0.3 is 0 Å². The van der Waals surface area contributed by atoms with Crippen molar-refractivity contribution in [1.82, 2.24) is 0 Å². The van der Waals surface area contributed by atoms with Crippen molar-refractivity contribution in [1.29, 1.82) is 5.26 Å². The Labute approximate surface area is 70.4 Å². The number of hydrogen-bond donors (Lipinski definition) is 1. The molecule has 0 amide bonds. The molecule has 0 fully saturated rings. The van der Waals surface area contributed by atoms with E-state index in [1.165, 1.54) is 12.1 Å². The molecular formula is C9H9FN2. The second-order valence-electron chi connectivity index (χ2n) is 2.57. The molecule has 0 spiro atoms. The van der Waals surface area contributed by atoms with Gasteiger partial charge in [-0.15, -0.1) is 0 Å². The van der Waals surface area contributed by atoms with Crippen LogP contribution in [0.3, 0.4) is 0 Å². The van der Waals surface area contributed by atoms with Crippen LogP contribution in [-0.2, 0) is 6.42 Å². The predicted octanol–water partition coefficient (Wildman–Crippen LogP) is 1.22. The van der Waals surface area contributed by atoms with E-state index in [0.29, 0.717) is 6.42 Å². The number of halogens is 1. The third-order valence-electron chi connectivity index (χ3n) is 1.51. The maximum Gasteiger partial charge on any atom is 0.123 e.